The number of phosphoric ester groups is 1. The van der Waals surface area contributed by atoms with Gasteiger partial charge in [-0.3, -0.25) is 18.9 Å². The number of amides is 2. The van der Waals surface area contributed by atoms with Crippen molar-refractivity contribution in [2.24, 2.45) is 5.41 Å². The molecule has 1 heterocycles. The second-order valence-electron chi connectivity index (χ2n) is 9.48. The van der Waals surface area contributed by atoms with Gasteiger partial charge in [-0.2, -0.15) is 0 Å². The molecule has 1 rings (SSSR count). The van der Waals surface area contributed by atoms with E-state index >= 15 is 0 Å². The summed E-state index contributed by atoms with van der Waals surface area (Å²) >= 11 is 3.22. The van der Waals surface area contributed by atoms with Crippen LogP contribution in [0.1, 0.15) is 40.0 Å². The number of alkyl halides is 1. The molecule has 0 spiro atoms. The van der Waals surface area contributed by atoms with Crippen molar-refractivity contribution in [3.63, 3.8) is 0 Å². The predicted molar refractivity (Wildman–Crippen MR) is 116 cm³/mol. The van der Waals surface area contributed by atoms with Crippen LogP contribution in [-0.2, 0) is 42.4 Å². The summed E-state index contributed by atoms with van der Waals surface area (Å²) in [5.74, 6) is -2.86. The maximum atomic E-state index is 12.5. The van der Waals surface area contributed by atoms with Crippen LogP contribution < -0.4 is 4.89 Å². The van der Waals surface area contributed by atoms with Gasteiger partial charge in [-0.1, -0.05) is 15.9 Å². The lowest BCUT2D eigenvalue weighted by atomic mass is 9.83. The van der Waals surface area contributed by atoms with Crippen LogP contribution in [0.2, 0.25) is 0 Å². The molecule has 33 heavy (non-hydrogen) atoms. The van der Waals surface area contributed by atoms with Gasteiger partial charge in [0, 0.05) is 12.8 Å². The first kappa shape index (κ1) is 29.7. The molecule has 1 saturated heterocycles. The smallest absolute Gasteiger partial charge is 0.338 e. The highest BCUT2D eigenvalue weighted by Crippen LogP contribution is 2.38. The van der Waals surface area contributed by atoms with Crippen LogP contribution in [0.4, 0.5) is 0 Å². The molecule has 0 radical (unpaired) electrons. The van der Waals surface area contributed by atoms with E-state index in [1.54, 1.807) is 0 Å². The van der Waals surface area contributed by atoms with E-state index in [0.29, 0.717) is 16.1 Å². The SMILES string of the molecule is CC(C)(CC(C)(Br)C(=O)OCCOP(=O)([O-])OCC[N+](C)(C)C)C(=O)ON1C(=O)CCC1=O. The van der Waals surface area contributed by atoms with E-state index < -0.39 is 47.9 Å². The summed E-state index contributed by atoms with van der Waals surface area (Å²) in [7, 11) is 1.10. The molecular formula is C19H32BrN2O10P. The molecule has 0 aromatic carbocycles. The zero-order valence-electron chi connectivity index (χ0n) is 19.8. The number of likely N-dealkylation sites (N-methyl/N-ethyl adjacent to an activating group) is 1. The average Bonchev–Trinajstić information content (AvgIpc) is 2.94. The van der Waals surface area contributed by atoms with Gasteiger partial charge in [0.25, 0.3) is 19.6 Å². The number of nitrogens with zero attached hydrogens (tertiary/aromatic N) is 2. The predicted octanol–water partition coefficient (Wildman–Crippen LogP) is 0.915. The molecule has 1 aliphatic rings. The van der Waals surface area contributed by atoms with Gasteiger partial charge in [-0.05, 0) is 27.2 Å². The Balaban J connectivity index is 2.50. The molecule has 12 nitrogen and oxygen atoms in total. The van der Waals surface area contributed by atoms with Gasteiger partial charge in [0.05, 0.1) is 33.2 Å². The zero-order chi connectivity index (χ0) is 25.7. The molecule has 2 atom stereocenters. The van der Waals surface area contributed by atoms with Gasteiger partial charge in [0.2, 0.25) is 0 Å². The van der Waals surface area contributed by atoms with E-state index in [0.717, 1.165) is 0 Å². The zero-order valence-corrected chi connectivity index (χ0v) is 22.2. The highest BCUT2D eigenvalue weighted by Gasteiger charge is 2.44. The van der Waals surface area contributed by atoms with Crippen LogP contribution >= 0.6 is 23.8 Å². The molecule has 1 fully saturated rings. The molecule has 0 saturated carbocycles. The monoisotopic (exact) mass is 558 g/mol. The van der Waals surface area contributed by atoms with Gasteiger partial charge < -0.3 is 28.0 Å². The standard InChI is InChI=1S/C19H32BrN2O10P/c1-18(2,16(25)32-21-14(23)7-8-15(21)24)13-19(3,20)17(26)29-11-12-31-33(27,28)30-10-9-22(4,5)6/h7-13H2,1-6H3. The Morgan fingerprint density at radius 1 is 1.03 bits per heavy atom. The number of imide groups is 1. The summed E-state index contributed by atoms with van der Waals surface area (Å²) in [5.41, 5.74) is -1.28. The first-order valence-corrected chi connectivity index (χ1v) is 12.5. The van der Waals surface area contributed by atoms with Gasteiger partial charge in [0.1, 0.15) is 24.1 Å². The van der Waals surface area contributed by atoms with Gasteiger partial charge in [0.15, 0.2) is 0 Å². The van der Waals surface area contributed by atoms with Crippen LogP contribution in [0.15, 0.2) is 0 Å². The Morgan fingerprint density at radius 3 is 2.06 bits per heavy atom. The van der Waals surface area contributed by atoms with Crippen molar-refractivity contribution >= 4 is 47.5 Å². The number of esters is 1. The number of carbonyl (C=O) groups excluding carboxylic acids is 4. The molecule has 2 amide bonds. The molecule has 0 bridgehead atoms. The highest BCUT2D eigenvalue weighted by atomic mass is 79.9. The third kappa shape index (κ3) is 10.2. The average molecular weight is 559 g/mol. The van der Waals surface area contributed by atoms with E-state index in [2.05, 4.69) is 20.5 Å². The summed E-state index contributed by atoms with van der Waals surface area (Å²) in [6.07, 6.45) is -0.175. The second-order valence-corrected chi connectivity index (χ2v) is 12.6. The summed E-state index contributed by atoms with van der Waals surface area (Å²) < 4.78 is 25.4. The number of halogens is 1. The van der Waals surface area contributed by atoms with Crippen molar-refractivity contribution in [3.8, 4) is 0 Å². The Hall–Kier alpha value is -1.37. The minimum absolute atomic E-state index is 0.0335. The number of hydrogen-bond donors (Lipinski definition) is 0. The van der Waals surface area contributed by atoms with Crippen LogP contribution in [0.5, 0.6) is 0 Å². The summed E-state index contributed by atoms with van der Waals surface area (Å²) in [5, 5.41) is 0.440. The van der Waals surface area contributed by atoms with Crippen molar-refractivity contribution in [2.75, 3.05) is 47.5 Å². The minimum Gasteiger partial charge on any atom is -0.756 e. The maximum Gasteiger partial charge on any atom is 0.338 e. The molecular weight excluding hydrogens is 527 g/mol. The number of hydrogen-bond acceptors (Lipinski definition) is 10. The number of carbonyl (C=O) groups is 4. The Bertz CT molecular complexity index is 793. The number of hydroxylamine groups is 2. The van der Waals surface area contributed by atoms with E-state index in [9.17, 15) is 28.6 Å². The van der Waals surface area contributed by atoms with E-state index in [1.807, 2.05) is 21.1 Å². The van der Waals surface area contributed by atoms with Crippen LogP contribution in [-0.4, -0.2) is 85.1 Å². The van der Waals surface area contributed by atoms with Crippen molar-refractivity contribution in [2.45, 2.75) is 44.4 Å². The number of rotatable bonds is 13. The Morgan fingerprint density at radius 2 is 1.55 bits per heavy atom. The van der Waals surface area contributed by atoms with Gasteiger partial charge >= 0.3 is 11.9 Å². The molecule has 2 unspecified atom stereocenters. The summed E-state index contributed by atoms with van der Waals surface area (Å²) in [4.78, 5) is 64.9. The Kier molecular flexibility index (Phi) is 10.2. The lowest BCUT2D eigenvalue weighted by Gasteiger charge is -2.31. The number of phosphoric acid groups is 1. The fourth-order valence-corrected chi connectivity index (χ4v) is 4.23. The normalized spacial score (nSPS) is 18.6. The highest BCUT2D eigenvalue weighted by molar-refractivity contribution is 9.10. The fraction of sp³-hybridized carbons (Fsp3) is 0.789. The molecule has 0 aliphatic carbocycles. The molecule has 14 heteroatoms. The first-order valence-electron chi connectivity index (χ1n) is 10.2. The summed E-state index contributed by atoms with van der Waals surface area (Å²) in [6.45, 7) is 4.02. The van der Waals surface area contributed by atoms with E-state index in [1.165, 1.54) is 20.8 Å². The quantitative estimate of drug-likeness (QED) is 0.0796. The molecule has 0 N–H and O–H groups in total. The van der Waals surface area contributed by atoms with Crippen molar-refractivity contribution < 1.29 is 51.7 Å². The van der Waals surface area contributed by atoms with Crippen molar-refractivity contribution in [3.05, 3.63) is 0 Å². The van der Waals surface area contributed by atoms with Crippen LogP contribution in [0, 0.1) is 5.41 Å². The third-order valence-corrected chi connectivity index (χ3v) is 6.11. The number of ether oxygens (including phenoxy) is 1. The third-order valence-electron chi connectivity index (χ3n) is 4.51. The van der Waals surface area contributed by atoms with E-state index in [4.69, 9.17) is 14.1 Å². The van der Waals surface area contributed by atoms with Crippen LogP contribution in [0.3, 0.4) is 0 Å². The van der Waals surface area contributed by atoms with Gasteiger partial charge in [-0.15, -0.1) is 5.06 Å². The minimum atomic E-state index is -4.53. The van der Waals surface area contributed by atoms with Crippen molar-refractivity contribution in [1.29, 1.82) is 0 Å². The molecule has 190 valence electrons. The lowest BCUT2D eigenvalue weighted by molar-refractivity contribution is -0.870. The van der Waals surface area contributed by atoms with Crippen LogP contribution in [0.25, 0.3) is 0 Å². The fourth-order valence-electron chi connectivity index (χ4n) is 2.74. The molecule has 1 aliphatic heterocycles. The summed E-state index contributed by atoms with van der Waals surface area (Å²) in [6, 6.07) is 0. The lowest BCUT2D eigenvalue weighted by Crippen LogP contribution is -2.43. The van der Waals surface area contributed by atoms with E-state index in [-0.39, 0.29) is 32.5 Å². The van der Waals surface area contributed by atoms with Gasteiger partial charge in [-0.25, -0.2) is 4.79 Å². The molecule has 0 aromatic heterocycles. The second kappa shape index (κ2) is 11.4. The largest absolute Gasteiger partial charge is 0.756 e. The first-order chi connectivity index (χ1) is 14.9. The number of quaternary nitrogens is 1. The Labute approximate surface area is 201 Å². The maximum absolute atomic E-state index is 12.5. The topological polar surface area (TPSA) is 149 Å². The molecule has 0 aromatic rings. The van der Waals surface area contributed by atoms with Crippen molar-refractivity contribution in [1.82, 2.24) is 5.06 Å².